The van der Waals surface area contributed by atoms with Crippen LogP contribution in [-0.2, 0) is 11.3 Å². The monoisotopic (exact) mass is 295 g/mol. The van der Waals surface area contributed by atoms with Crippen molar-refractivity contribution in [2.75, 3.05) is 19.7 Å². The summed E-state index contributed by atoms with van der Waals surface area (Å²) >= 11 is 0. The van der Waals surface area contributed by atoms with Crippen LogP contribution in [0.5, 0.6) is 0 Å². The van der Waals surface area contributed by atoms with Crippen molar-refractivity contribution in [2.45, 2.75) is 45.3 Å². The molecule has 3 nitrogen and oxygen atoms in total. The zero-order valence-electron chi connectivity index (χ0n) is 12.8. The molecule has 1 saturated carbocycles. The lowest BCUT2D eigenvalue weighted by Gasteiger charge is -2.24. The molecule has 0 bridgehead atoms. The van der Waals surface area contributed by atoms with Crippen LogP contribution in [0, 0.1) is 11.2 Å². The van der Waals surface area contributed by atoms with Gasteiger partial charge in [0.15, 0.2) is 0 Å². The van der Waals surface area contributed by atoms with Crippen molar-refractivity contribution in [2.24, 2.45) is 5.41 Å². The number of hydrogen-bond donors (Lipinski definition) is 2. The molecule has 2 N–H and O–H groups in total. The summed E-state index contributed by atoms with van der Waals surface area (Å²) in [7, 11) is 0. The Balaban J connectivity index is 1.59. The Kier molecular flexibility index (Phi) is 6.15. The quantitative estimate of drug-likeness (QED) is 0.775. The first kappa shape index (κ1) is 16.4. The molecule has 1 aromatic rings. The second-order valence-electron chi connectivity index (χ2n) is 6.41. The minimum atomic E-state index is -0.554. The smallest absolute Gasteiger partial charge is 0.128 e. The van der Waals surface area contributed by atoms with Gasteiger partial charge in [0.1, 0.15) is 5.82 Å². The lowest BCUT2D eigenvalue weighted by atomic mass is 9.89. The zero-order chi connectivity index (χ0) is 15.1. The summed E-state index contributed by atoms with van der Waals surface area (Å²) in [6.45, 7) is 4.18. The Hall–Kier alpha value is -0.970. The Morgan fingerprint density at radius 2 is 2.05 bits per heavy atom. The summed E-state index contributed by atoms with van der Waals surface area (Å²) in [4.78, 5) is 0. The topological polar surface area (TPSA) is 41.5 Å². The van der Waals surface area contributed by atoms with Crippen LogP contribution in [0.4, 0.5) is 4.39 Å². The largest absolute Gasteiger partial charge is 0.389 e. The molecule has 118 valence electrons. The van der Waals surface area contributed by atoms with Gasteiger partial charge in [0.25, 0.3) is 0 Å². The molecule has 0 spiro atoms. The maximum atomic E-state index is 13.4. The second-order valence-corrected chi connectivity index (χ2v) is 6.41. The summed E-state index contributed by atoms with van der Waals surface area (Å²) in [5, 5.41) is 13.2. The van der Waals surface area contributed by atoms with Gasteiger partial charge >= 0.3 is 0 Å². The van der Waals surface area contributed by atoms with Gasteiger partial charge in [-0.1, -0.05) is 38.0 Å². The fourth-order valence-corrected chi connectivity index (χ4v) is 2.93. The molecule has 0 amide bonds. The third-order valence-corrected chi connectivity index (χ3v) is 4.27. The molecule has 0 heterocycles. The molecule has 0 radical (unpaired) electrons. The molecule has 0 aliphatic heterocycles. The fraction of sp³-hybridized carbons (Fsp3) is 0.647. The minimum absolute atomic E-state index is 0.196. The Morgan fingerprint density at radius 3 is 2.76 bits per heavy atom. The van der Waals surface area contributed by atoms with E-state index < -0.39 is 6.10 Å². The standard InChI is InChI=1S/C17H26FNO2/c1-17(8-4-5-9-17)13-19-10-15(20)12-21-11-14-6-2-3-7-16(14)18/h2-3,6-7,15,19-20H,4-5,8-13H2,1H3. The highest BCUT2D eigenvalue weighted by molar-refractivity contribution is 5.16. The highest BCUT2D eigenvalue weighted by Gasteiger charge is 2.28. The van der Waals surface area contributed by atoms with Crippen LogP contribution in [0.15, 0.2) is 24.3 Å². The van der Waals surface area contributed by atoms with Crippen molar-refractivity contribution in [1.29, 1.82) is 0 Å². The van der Waals surface area contributed by atoms with Gasteiger partial charge < -0.3 is 15.2 Å². The summed E-state index contributed by atoms with van der Waals surface area (Å²) in [6.07, 6.45) is 4.60. The number of aliphatic hydroxyl groups excluding tert-OH is 1. The number of halogens is 1. The van der Waals surface area contributed by atoms with E-state index >= 15 is 0 Å². The van der Waals surface area contributed by atoms with Crippen molar-refractivity contribution in [3.8, 4) is 0 Å². The van der Waals surface area contributed by atoms with Crippen LogP contribution in [-0.4, -0.2) is 30.9 Å². The van der Waals surface area contributed by atoms with Gasteiger partial charge in [0.2, 0.25) is 0 Å². The fourth-order valence-electron chi connectivity index (χ4n) is 2.93. The van der Waals surface area contributed by atoms with E-state index in [1.165, 1.54) is 31.7 Å². The van der Waals surface area contributed by atoms with E-state index in [-0.39, 0.29) is 19.0 Å². The van der Waals surface area contributed by atoms with Crippen molar-refractivity contribution in [3.63, 3.8) is 0 Å². The normalized spacial score (nSPS) is 18.8. The molecule has 2 rings (SSSR count). The van der Waals surface area contributed by atoms with Gasteiger partial charge in [-0.25, -0.2) is 4.39 Å². The van der Waals surface area contributed by atoms with Crippen LogP contribution in [0.3, 0.4) is 0 Å². The second kappa shape index (κ2) is 7.87. The average molecular weight is 295 g/mol. The predicted molar refractivity (Wildman–Crippen MR) is 81.5 cm³/mol. The predicted octanol–water partition coefficient (Wildman–Crippen LogP) is 2.87. The number of hydrogen-bond acceptors (Lipinski definition) is 3. The molecular formula is C17H26FNO2. The lowest BCUT2D eigenvalue weighted by molar-refractivity contribution is 0.0268. The minimum Gasteiger partial charge on any atom is -0.389 e. The van der Waals surface area contributed by atoms with Gasteiger partial charge in [-0.15, -0.1) is 0 Å². The number of ether oxygens (including phenoxy) is 1. The van der Waals surface area contributed by atoms with Crippen LogP contribution in [0.2, 0.25) is 0 Å². The van der Waals surface area contributed by atoms with Crippen molar-refractivity contribution in [3.05, 3.63) is 35.6 Å². The van der Waals surface area contributed by atoms with Gasteiger partial charge in [-0.2, -0.15) is 0 Å². The third kappa shape index (κ3) is 5.38. The number of benzene rings is 1. The zero-order valence-corrected chi connectivity index (χ0v) is 12.8. The van der Waals surface area contributed by atoms with E-state index in [2.05, 4.69) is 12.2 Å². The van der Waals surface area contributed by atoms with Crippen molar-refractivity contribution >= 4 is 0 Å². The molecular weight excluding hydrogens is 269 g/mol. The SMILES string of the molecule is CC1(CNCC(O)COCc2ccccc2F)CCCC1. The number of nitrogens with one attached hydrogen (secondary N) is 1. The van der Waals surface area contributed by atoms with E-state index in [1.807, 2.05) is 0 Å². The van der Waals surface area contributed by atoms with Crippen LogP contribution in [0.1, 0.15) is 38.2 Å². The van der Waals surface area contributed by atoms with Crippen LogP contribution >= 0.6 is 0 Å². The summed E-state index contributed by atoms with van der Waals surface area (Å²) in [5.74, 6) is -0.265. The van der Waals surface area contributed by atoms with Crippen LogP contribution in [0.25, 0.3) is 0 Å². The van der Waals surface area contributed by atoms with Crippen molar-refractivity contribution < 1.29 is 14.2 Å². The maximum absolute atomic E-state index is 13.4. The molecule has 1 aromatic carbocycles. The van der Waals surface area contributed by atoms with Gasteiger partial charge in [-0.3, -0.25) is 0 Å². The lowest BCUT2D eigenvalue weighted by Crippen LogP contribution is -2.36. The molecule has 1 aliphatic carbocycles. The summed E-state index contributed by atoms with van der Waals surface area (Å²) in [6, 6.07) is 6.54. The molecule has 1 unspecified atom stereocenters. The molecule has 21 heavy (non-hydrogen) atoms. The van der Waals surface area contributed by atoms with E-state index in [9.17, 15) is 9.50 Å². The first-order valence-electron chi connectivity index (χ1n) is 7.79. The average Bonchev–Trinajstić information content (AvgIpc) is 2.88. The van der Waals surface area contributed by atoms with Gasteiger partial charge in [0.05, 0.1) is 19.3 Å². The molecule has 4 heteroatoms. The number of aliphatic hydroxyl groups is 1. The molecule has 1 fully saturated rings. The highest BCUT2D eigenvalue weighted by atomic mass is 19.1. The summed E-state index contributed by atoms with van der Waals surface area (Å²) in [5.41, 5.74) is 0.907. The molecule has 1 aliphatic rings. The third-order valence-electron chi connectivity index (χ3n) is 4.27. The molecule has 1 atom stereocenters. The summed E-state index contributed by atoms with van der Waals surface area (Å²) < 4.78 is 18.8. The Bertz CT molecular complexity index is 433. The first-order chi connectivity index (χ1) is 10.1. The van der Waals surface area contributed by atoms with Crippen molar-refractivity contribution in [1.82, 2.24) is 5.32 Å². The molecule has 0 aromatic heterocycles. The Morgan fingerprint density at radius 1 is 1.33 bits per heavy atom. The van der Waals surface area contributed by atoms with Gasteiger partial charge in [-0.05, 0) is 24.3 Å². The first-order valence-corrected chi connectivity index (χ1v) is 7.79. The van der Waals surface area contributed by atoms with Gasteiger partial charge in [0, 0.05) is 18.7 Å². The highest BCUT2D eigenvalue weighted by Crippen LogP contribution is 2.36. The van der Waals surface area contributed by atoms with E-state index in [0.717, 1.165) is 6.54 Å². The van der Waals surface area contributed by atoms with E-state index in [4.69, 9.17) is 4.74 Å². The van der Waals surface area contributed by atoms with E-state index in [0.29, 0.717) is 17.5 Å². The Labute approximate surface area is 126 Å². The maximum Gasteiger partial charge on any atom is 0.128 e. The molecule has 0 saturated heterocycles. The van der Waals surface area contributed by atoms with Crippen LogP contribution < -0.4 is 5.32 Å². The van der Waals surface area contributed by atoms with E-state index in [1.54, 1.807) is 18.2 Å². The number of rotatable bonds is 8.